The van der Waals surface area contributed by atoms with E-state index in [1.165, 1.54) is 155 Å². The first-order valence-electron chi connectivity index (χ1n) is 26.7. The predicted molar refractivity (Wildman–Crippen MR) is 311 cm³/mol. The largest absolute Gasteiger partial charge is 0.309 e. The lowest BCUT2D eigenvalue weighted by Crippen LogP contribution is -2.15. The fraction of sp³-hybridized carbons (Fsp3) is 0.167. The van der Waals surface area contributed by atoms with E-state index in [1.54, 1.807) is 0 Å². The van der Waals surface area contributed by atoms with E-state index < -0.39 is 0 Å². The molecule has 12 aromatic rings. The highest BCUT2D eigenvalue weighted by Crippen LogP contribution is 2.55. The van der Waals surface area contributed by atoms with Gasteiger partial charge in [-0.15, -0.1) is 0 Å². The van der Waals surface area contributed by atoms with Crippen LogP contribution in [0.1, 0.15) is 99.9 Å². The van der Waals surface area contributed by atoms with Gasteiger partial charge in [0.05, 0.1) is 22.1 Å². The normalized spacial score (nSPS) is 16.3. The number of hydrogen-bond donors (Lipinski definition) is 0. The van der Waals surface area contributed by atoms with Crippen LogP contribution in [-0.2, 0) is 21.7 Å². The van der Waals surface area contributed by atoms with Crippen molar-refractivity contribution in [3.8, 4) is 67.0 Å². The summed E-state index contributed by atoms with van der Waals surface area (Å²) in [5.74, 6) is 0. The van der Waals surface area contributed by atoms with Gasteiger partial charge in [-0.3, -0.25) is 0 Å². The van der Waals surface area contributed by atoms with Gasteiger partial charge in [-0.05, 0) is 173 Å². The molecule has 2 aromatic heterocycles. The van der Waals surface area contributed by atoms with Crippen molar-refractivity contribution in [3.63, 3.8) is 0 Å². The Balaban J connectivity index is 0.927. The molecule has 4 aliphatic carbocycles. The molecule has 74 heavy (non-hydrogen) atoms. The second kappa shape index (κ2) is 13.9. The first-order chi connectivity index (χ1) is 35.7. The molecule has 0 aliphatic heterocycles. The minimum absolute atomic E-state index is 0.108. The Labute approximate surface area is 433 Å². The van der Waals surface area contributed by atoms with Crippen molar-refractivity contribution in [1.82, 2.24) is 9.13 Å². The lowest BCUT2D eigenvalue weighted by Gasteiger charge is -2.23. The fourth-order valence-corrected chi connectivity index (χ4v) is 15.0. The zero-order chi connectivity index (χ0) is 49.9. The highest BCUT2D eigenvalue weighted by Gasteiger charge is 2.40. The quantitative estimate of drug-likeness (QED) is 0.167. The van der Waals surface area contributed by atoms with Gasteiger partial charge in [0.2, 0.25) is 0 Å². The van der Waals surface area contributed by atoms with Crippen LogP contribution in [0.4, 0.5) is 0 Å². The van der Waals surface area contributed by atoms with Crippen LogP contribution in [0.2, 0.25) is 0 Å². The van der Waals surface area contributed by atoms with Gasteiger partial charge in [0.15, 0.2) is 0 Å². The SMILES string of the molecule is CC1(C)c2ccccc2-c2ccc(-n3c4ccc(-c5ccc6c(c5)c5cc7c(cc5n6-c5ccc6c(c5)C(C)(C)c5ccccc5-6)C(C)(C)c5ccccc5-7)cc4c4cc5c(cc43)C(C)(C)c3ccccc3-5)cc21. The summed E-state index contributed by atoms with van der Waals surface area (Å²) in [4.78, 5) is 0. The highest BCUT2D eigenvalue weighted by molar-refractivity contribution is 6.15. The molecule has 2 nitrogen and oxygen atoms in total. The van der Waals surface area contributed by atoms with Gasteiger partial charge in [0.25, 0.3) is 0 Å². The lowest BCUT2D eigenvalue weighted by molar-refractivity contribution is 0.659. The van der Waals surface area contributed by atoms with E-state index >= 15 is 0 Å². The van der Waals surface area contributed by atoms with Crippen molar-refractivity contribution in [2.75, 3.05) is 0 Å². The van der Waals surface area contributed by atoms with Crippen LogP contribution in [0, 0.1) is 0 Å². The molecule has 10 aromatic carbocycles. The van der Waals surface area contributed by atoms with Crippen molar-refractivity contribution in [2.45, 2.75) is 77.0 Å². The van der Waals surface area contributed by atoms with Crippen LogP contribution in [0.15, 0.2) is 194 Å². The number of aromatic nitrogens is 2. The molecule has 0 spiro atoms. The number of fused-ring (bicyclic) bond motifs is 18. The smallest absolute Gasteiger partial charge is 0.0544 e. The van der Waals surface area contributed by atoms with Gasteiger partial charge in [-0.25, -0.2) is 0 Å². The first-order valence-corrected chi connectivity index (χ1v) is 26.7. The highest BCUT2D eigenvalue weighted by atomic mass is 15.0. The Morgan fingerprint density at radius 2 is 0.527 bits per heavy atom. The van der Waals surface area contributed by atoms with Crippen LogP contribution in [0.25, 0.3) is 111 Å². The van der Waals surface area contributed by atoms with E-state index in [-0.39, 0.29) is 21.7 Å². The van der Waals surface area contributed by atoms with Gasteiger partial charge in [0.1, 0.15) is 0 Å². The Morgan fingerprint density at radius 3 is 0.892 bits per heavy atom. The summed E-state index contributed by atoms with van der Waals surface area (Å²) in [5, 5.41) is 5.11. The molecule has 0 fully saturated rings. The molecule has 2 heterocycles. The summed E-state index contributed by atoms with van der Waals surface area (Å²) in [7, 11) is 0. The summed E-state index contributed by atoms with van der Waals surface area (Å²) in [5.41, 5.74) is 31.3. The maximum atomic E-state index is 2.56. The van der Waals surface area contributed by atoms with Crippen molar-refractivity contribution >= 4 is 43.6 Å². The molecule has 0 bridgehead atoms. The van der Waals surface area contributed by atoms with Gasteiger partial charge < -0.3 is 9.13 Å². The Kier molecular flexibility index (Phi) is 7.94. The van der Waals surface area contributed by atoms with Gasteiger partial charge in [-0.2, -0.15) is 0 Å². The van der Waals surface area contributed by atoms with Crippen LogP contribution in [0.3, 0.4) is 0 Å². The van der Waals surface area contributed by atoms with E-state index in [4.69, 9.17) is 0 Å². The maximum Gasteiger partial charge on any atom is 0.0544 e. The number of benzene rings is 10. The second-order valence-corrected chi connectivity index (χ2v) is 24.1. The van der Waals surface area contributed by atoms with Crippen molar-refractivity contribution in [1.29, 1.82) is 0 Å². The summed E-state index contributed by atoms with van der Waals surface area (Å²) >= 11 is 0. The molecule has 0 N–H and O–H groups in total. The predicted octanol–water partition coefficient (Wildman–Crippen LogP) is 18.8. The topological polar surface area (TPSA) is 9.86 Å². The zero-order valence-electron chi connectivity index (χ0n) is 43.4. The van der Waals surface area contributed by atoms with E-state index in [2.05, 4.69) is 259 Å². The molecule has 0 atom stereocenters. The molecule has 0 saturated heterocycles. The molecule has 354 valence electrons. The lowest BCUT2D eigenvalue weighted by atomic mass is 9.82. The molecule has 0 radical (unpaired) electrons. The first kappa shape index (κ1) is 42.3. The van der Waals surface area contributed by atoms with Crippen LogP contribution < -0.4 is 0 Å². The van der Waals surface area contributed by atoms with Crippen LogP contribution in [-0.4, -0.2) is 9.13 Å². The Bertz CT molecular complexity index is 4250. The fourth-order valence-electron chi connectivity index (χ4n) is 15.0. The molecule has 2 heteroatoms. The van der Waals surface area contributed by atoms with Gasteiger partial charge in [0, 0.05) is 54.6 Å². The van der Waals surface area contributed by atoms with Crippen molar-refractivity contribution < 1.29 is 0 Å². The molecule has 16 rings (SSSR count). The zero-order valence-corrected chi connectivity index (χ0v) is 43.4. The molecule has 0 unspecified atom stereocenters. The Morgan fingerprint density at radius 1 is 0.230 bits per heavy atom. The van der Waals surface area contributed by atoms with E-state index in [9.17, 15) is 0 Å². The maximum absolute atomic E-state index is 2.56. The average Bonchev–Trinajstić information content (AvgIpc) is 4.20. The summed E-state index contributed by atoms with van der Waals surface area (Å²) < 4.78 is 5.11. The third kappa shape index (κ3) is 5.21. The Hall–Kier alpha value is -8.20. The molecular formula is C72H56N2. The van der Waals surface area contributed by atoms with E-state index in [0.717, 1.165) is 0 Å². The molecule has 4 aliphatic rings. The third-order valence-electron chi connectivity index (χ3n) is 18.9. The number of rotatable bonds is 3. The van der Waals surface area contributed by atoms with Crippen molar-refractivity contribution in [2.24, 2.45) is 0 Å². The second-order valence-electron chi connectivity index (χ2n) is 24.1. The standard InChI is InChI=1S/C72H56N2/c1-69(2)57-21-13-9-17-45(57)49-29-27-43(35-61(49)69)73-65-31-25-41(33-53(65)55-37-51-47-19-11-15-23-59(47)71(5,6)63(51)39-67(55)73)42-26-32-66-54(34-42)56-38-52-48-20-12-16-24-60(48)72(7,8)64(52)40-68(56)74(66)44-28-30-50-46-18-10-14-22-58(46)70(3,4)62(50)36-44/h9-40H,1-8H3. The molecular weight excluding hydrogens is 893 g/mol. The number of nitrogens with zero attached hydrogens (tertiary/aromatic N) is 2. The molecule has 0 amide bonds. The van der Waals surface area contributed by atoms with Crippen LogP contribution in [0.5, 0.6) is 0 Å². The summed E-state index contributed by atoms with van der Waals surface area (Å²) in [6.07, 6.45) is 0. The summed E-state index contributed by atoms with van der Waals surface area (Å²) in [6, 6.07) is 75.1. The monoisotopic (exact) mass is 948 g/mol. The van der Waals surface area contributed by atoms with E-state index in [1.807, 2.05) is 0 Å². The third-order valence-corrected chi connectivity index (χ3v) is 18.9. The molecule has 0 saturated carbocycles. The minimum atomic E-state index is -0.123. The number of hydrogen-bond acceptors (Lipinski definition) is 0. The minimum Gasteiger partial charge on any atom is -0.309 e. The van der Waals surface area contributed by atoms with Crippen molar-refractivity contribution in [3.05, 3.63) is 239 Å². The van der Waals surface area contributed by atoms with E-state index in [0.29, 0.717) is 0 Å². The van der Waals surface area contributed by atoms with Crippen LogP contribution >= 0.6 is 0 Å². The summed E-state index contributed by atoms with van der Waals surface area (Å²) in [6.45, 7) is 19.1. The van der Waals surface area contributed by atoms with Gasteiger partial charge >= 0.3 is 0 Å². The average molecular weight is 949 g/mol. The van der Waals surface area contributed by atoms with Gasteiger partial charge in [-0.1, -0.05) is 177 Å².